The van der Waals surface area contributed by atoms with Crippen LogP contribution >= 0.6 is 11.6 Å². The van der Waals surface area contributed by atoms with Gasteiger partial charge in [0.1, 0.15) is 23.1 Å². The van der Waals surface area contributed by atoms with Crippen molar-refractivity contribution >= 4 is 29.1 Å². The van der Waals surface area contributed by atoms with Crippen LogP contribution in [0.3, 0.4) is 0 Å². The number of benzene rings is 2. The molecule has 0 atom stereocenters. The molecule has 9 heteroatoms. The molecule has 0 unspecified atom stereocenters. The molecule has 36 heavy (non-hydrogen) atoms. The lowest BCUT2D eigenvalue weighted by Gasteiger charge is -2.11. The van der Waals surface area contributed by atoms with Crippen LogP contribution in [0.2, 0.25) is 5.02 Å². The summed E-state index contributed by atoms with van der Waals surface area (Å²) in [5, 5.41) is 21.2. The Morgan fingerprint density at radius 3 is 2.42 bits per heavy atom. The monoisotopic (exact) mass is 500 g/mol. The number of aromatic nitrogens is 3. The number of rotatable bonds is 9. The van der Waals surface area contributed by atoms with E-state index >= 15 is 0 Å². The molecule has 0 aliphatic rings. The summed E-state index contributed by atoms with van der Waals surface area (Å²) in [5.74, 6) is -0.0846. The minimum atomic E-state index is -0.336. The van der Waals surface area contributed by atoms with Gasteiger partial charge in [0.15, 0.2) is 5.69 Å². The fourth-order valence-electron chi connectivity index (χ4n) is 3.74. The maximum absolute atomic E-state index is 13.3. The molecular weight excluding hydrogens is 476 g/mol. The molecule has 0 fully saturated rings. The van der Waals surface area contributed by atoms with E-state index in [4.69, 9.17) is 11.6 Å². The third kappa shape index (κ3) is 5.32. The Bertz CT molecular complexity index is 1430. The van der Waals surface area contributed by atoms with E-state index in [1.54, 1.807) is 51.7 Å². The van der Waals surface area contributed by atoms with Crippen LogP contribution in [0.5, 0.6) is 0 Å². The SMILES string of the molecule is Cc1ccc(C(=O)c2nn(-c3ccc(Cl)cc3)c(NCCCNC(=O)c3cccn3C)c2C#N)cc1. The van der Waals surface area contributed by atoms with Gasteiger partial charge in [0.25, 0.3) is 5.91 Å². The van der Waals surface area contributed by atoms with Crippen molar-refractivity contribution in [3.63, 3.8) is 0 Å². The highest BCUT2D eigenvalue weighted by molar-refractivity contribution is 6.30. The summed E-state index contributed by atoms with van der Waals surface area (Å²) in [6.45, 7) is 2.82. The summed E-state index contributed by atoms with van der Waals surface area (Å²) in [7, 11) is 1.81. The molecule has 2 N–H and O–H groups in total. The fourth-order valence-corrected chi connectivity index (χ4v) is 3.87. The lowest BCUT2D eigenvalue weighted by atomic mass is 10.0. The van der Waals surface area contributed by atoms with Crippen LogP contribution in [0, 0.1) is 18.3 Å². The number of nitrogens with one attached hydrogen (secondary N) is 2. The number of carbonyl (C=O) groups excluding carboxylic acids is 2. The summed E-state index contributed by atoms with van der Waals surface area (Å²) in [4.78, 5) is 25.6. The van der Waals surface area contributed by atoms with E-state index in [1.807, 2.05) is 38.4 Å². The van der Waals surface area contributed by atoms with E-state index in [0.29, 0.717) is 47.3 Å². The number of carbonyl (C=O) groups is 2. The minimum absolute atomic E-state index is 0.0656. The van der Waals surface area contributed by atoms with Crippen LogP contribution in [0.15, 0.2) is 66.9 Å². The first-order valence-electron chi connectivity index (χ1n) is 11.4. The van der Waals surface area contributed by atoms with Gasteiger partial charge in [-0.25, -0.2) is 4.68 Å². The van der Waals surface area contributed by atoms with E-state index in [1.165, 1.54) is 0 Å². The van der Waals surface area contributed by atoms with Crippen LogP contribution in [0.25, 0.3) is 5.69 Å². The highest BCUT2D eigenvalue weighted by Crippen LogP contribution is 2.26. The third-order valence-electron chi connectivity index (χ3n) is 5.71. The number of anilines is 1. The zero-order valence-electron chi connectivity index (χ0n) is 20.0. The summed E-state index contributed by atoms with van der Waals surface area (Å²) in [6, 6.07) is 19.8. The maximum Gasteiger partial charge on any atom is 0.267 e. The molecule has 4 rings (SSSR count). The Hall–Kier alpha value is -4.35. The van der Waals surface area contributed by atoms with E-state index in [-0.39, 0.29) is 22.9 Å². The molecule has 1 amide bonds. The first-order valence-corrected chi connectivity index (χ1v) is 11.8. The molecule has 2 heterocycles. The van der Waals surface area contributed by atoms with Crippen molar-refractivity contribution in [2.24, 2.45) is 7.05 Å². The third-order valence-corrected chi connectivity index (χ3v) is 5.96. The number of amides is 1. The Morgan fingerprint density at radius 2 is 1.78 bits per heavy atom. The number of aryl methyl sites for hydroxylation is 2. The van der Waals surface area contributed by atoms with Crippen LogP contribution in [0.1, 0.15) is 44.1 Å². The predicted molar refractivity (Wildman–Crippen MR) is 139 cm³/mol. The van der Waals surface area contributed by atoms with E-state index in [2.05, 4.69) is 21.8 Å². The van der Waals surface area contributed by atoms with Gasteiger partial charge in [-0.05, 0) is 49.7 Å². The molecule has 0 radical (unpaired) electrons. The first kappa shape index (κ1) is 24.8. The molecule has 182 valence electrons. The van der Waals surface area contributed by atoms with Gasteiger partial charge in [0.05, 0.1) is 5.69 Å². The van der Waals surface area contributed by atoms with Crippen LogP contribution in [-0.4, -0.2) is 39.1 Å². The Balaban J connectivity index is 1.55. The Morgan fingerprint density at radius 1 is 1.06 bits per heavy atom. The molecule has 0 bridgehead atoms. The highest BCUT2D eigenvalue weighted by Gasteiger charge is 2.25. The Labute approximate surface area is 214 Å². The summed E-state index contributed by atoms with van der Waals surface area (Å²) in [5.41, 5.74) is 2.93. The van der Waals surface area contributed by atoms with E-state index in [9.17, 15) is 14.9 Å². The van der Waals surface area contributed by atoms with Gasteiger partial charge in [-0.3, -0.25) is 9.59 Å². The molecule has 0 spiro atoms. The van der Waals surface area contributed by atoms with Gasteiger partial charge in [-0.2, -0.15) is 10.4 Å². The lowest BCUT2D eigenvalue weighted by molar-refractivity contribution is 0.0944. The molecule has 4 aromatic rings. The number of ketones is 1. The van der Waals surface area contributed by atoms with Crippen molar-refractivity contribution in [2.75, 3.05) is 18.4 Å². The zero-order chi connectivity index (χ0) is 25.7. The molecule has 0 saturated heterocycles. The number of halogens is 1. The van der Waals surface area contributed by atoms with E-state index < -0.39 is 0 Å². The average molecular weight is 501 g/mol. The number of hydrogen-bond acceptors (Lipinski definition) is 5. The van der Waals surface area contributed by atoms with Crippen molar-refractivity contribution in [1.29, 1.82) is 5.26 Å². The topological polar surface area (TPSA) is 105 Å². The second-order valence-electron chi connectivity index (χ2n) is 8.31. The molecule has 0 aliphatic heterocycles. The molecule has 0 saturated carbocycles. The van der Waals surface area contributed by atoms with E-state index in [0.717, 1.165) is 5.56 Å². The van der Waals surface area contributed by atoms with Gasteiger partial charge < -0.3 is 15.2 Å². The molecule has 8 nitrogen and oxygen atoms in total. The molecule has 2 aromatic heterocycles. The standard InChI is InChI=1S/C27H25ClN6O2/c1-18-6-8-19(9-7-18)25(35)24-22(17-29)26(34(32-24)21-12-10-20(28)11-13-21)30-14-4-15-31-27(36)23-5-3-16-33(23)2/h3,5-13,16,30H,4,14-15H2,1-2H3,(H,31,36). The second-order valence-corrected chi connectivity index (χ2v) is 8.74. The summed E-state index contributed by atoms with van der Waals surface area (Å²) < 4.78 is 3.29. The first-order chi connectivity index (χ1) is 17.4. The molecule has 0 aliphatic carbocycles. The second kappa shape index (κ2) is 10.9. The van der Waals surface area contributed by atoms with Gasteiger partial charge >= 0.3 is 0 Å². The maximum atomic E-state index is 13.3. The summed E-state index contributed by atoms with van der Waals surface area (Å²) in [6.07, 6.45) is 2.40. The van der Waals surface area contributed by atoms with Gasteiger partial charge in [0, 0.05) is 36.9 Å². The number of hydrogen-bond donors (Lipinski definition) is 2. The van der Waals surface area contributed by atoms with Crippen LogP contribution in [0.4, 0.5) is 5.82 Å². The smallest absolute Gasteiger partial charge is 0.267 e. The molecular formula is C27H25ClN6O2. The largest absolute Gasteiger partial charge is 0.369 e. The quantitative estimate of drug-likeness (QED) is 0.260. The number of nitriles is 1. The van der Waals surface area contributed by atoms with Crippen molar-refractivity contribution in [2.45, 2.75) is 13.3 Å². The Kier molecular flexibility index (Phi) is 7.52. The average Bonchev–Trinajstić information content (AvgIpc) is 3.47. The zero-order valence-corrected chi connectivity index (χ0v) is 20.7. The predicted octanol–water partition coefficient (Wildman–Crippen LogP) is 4.51. The highest BCUT2D eigenvalue weighted by atomic mass is 35.5. The minimum Gasteiger partial charge on any atom is -0.369 e. The van der Waals surface area contributed by atoms with Crippen molar-refractivity contribution < 1.29 is 9.59 Å². The van der Waals surface area contributed by atoms with Crippen LogP contribution in [-0.2, 0) is 7.05 Å². The fraction of sp³-hybridized carbons (Fsp3) is 0.185. The van der Waals surface area contributed by atoms with Crippen molar-refractivity contribution in [1.82, 2.24) is 19.7 Å². The van der Waals surface area contributed by atoms with Gasteiger partial charge in [-0.15, -0.1) is 0 Å². The van der Waals surface area contributed by atoms with Gasteiger partial charge in [0.2, 0.25) is 5.78 Å². The molecule has 2 aromatic carbocycles. The van der Waals surface area contributed by atoms with Crippen molar-refractivity contribution in [3.05, 3.63) is 100.0 Å². The van der Waals surface area contributed by atoms with Gasteiger partial charge in [-0.1, -0.05) is 41.4 Å². The number of nitrogens with zero attached hydrogens (tertiary/aromatic N) is 4. The summed E-state index contributed by atoms with van der Waals surface area (Å²) >= 11 is 6.05. The normalized spacial score (nSPS) is 10.6. The van der Waals surface area contributed by atoms with Crippen molar-refractivity contribution in [3.8, 4) is 11.8 Å². The lowest BCUT2D eigenvalue weighted by Crippen LogP contribution is -2.27. The van der Waals surface area contributed by atoms with Crippen LogP contribution < -0.4 is 10.6 Å².